The minimum absolute atomic E-state index is 0.00519. The first-order valence-corrected chi connectivity index (χ1v) is 6.28. The normalized spacial score (nSPS) is 10.3. The Labute approximate surface area is 112 Å². The highest BCUT2D eigenvalue weighted by Gasteiger charge is 2.11. The lowest BCUT2D eigenvalue weighted by Gasteiger charge is -2.03. The van der Waals surface area contributed by atoms with E-state index in [0.717, 1.165) is 18.0 Å². The zero-order valence-corrected chi connectivity index (χ0v) is 11.0. The molecule has 0 unspecified atom stereocenters. The number of halogens is 1. The smallest absolute Gasteiger partial charge is 0.337 e. The minimum atomic E-state index is -1.10. The van der Waals surface area contributed by atoms with Crippen LogP contribution in [0.25, 0.3) is 0 Å². The van der Waals surface area contributed by atoms with E-state index >= 15 is 0 Å². The second-order valence-corrected chi connectivity index (χ2v) is 4.50. The number of hydrogen-bond acceptors (Lipinski definition) is 5. The van der Waals surface area contributed by atoms with Gasteiger partial charge in [0.1, 0.15) is 11.6 Å². The molecule has 18 heavy (non-hydrogen) atoms. The van der Waals surface area contributed by atoms with E-state index in [1.54, 1.807) is 6.07 Å². The maximum absolute atomic E-state index is 10.9. The molecule has 0 radical (unpaired) electrons. The van der Waals surface area contributed by atoms with Crippen LogP contribution in [-0.2, 0) is 6.42 Å². The fourth-order valence-electron chi connectivity index (χ4n) is 1.26. The largest absolute Gasteiger partial charge is 0.478 e. The Kier molecular flexibility index (Phi) is 3.78. The predicted octanol–water partition coefficient (Wildman–Crippen LogP) is 3.24. The molecule has 5 nitrogen and oxygen atoms in total. The number of hydrogen-bond donors (Lipinski definition) is 1. The van der Waals surface area contributed by atoms with Crippen molar-refractivity contribution in [3.8, 4) is 10.9 Å². The van der Waals surface area contributed by atoms with Gasteiger partial charge in [0.15, 0.2) is 0 Å². The first-order valence-electron chi connectivity index (χ1n) is 5.13. The summed E-state index contributed by atoms with van der Waals surface area (Å²) < 4.78 is 9.50. The summed E-state index contributed by atoms with van der Waals surface area (Å²) in [5.41, 5.74) is -0.00519. The number of ether oxygens (including phenoxy) is 1. The number of benzene rings is 1. The summed E-state index contributed by atoms with van der Waals surface area (Å²) in [6.07, 6.45) is 0.723. The van der Waals surface area contributed by atoms with Crippen LogP contribution in [0.3, 0.4) is 0 Å². The maximum atomic E-state index is 10.9. The van der Waals surface area contributed by atoms with Gasteiger partial charge < -0.3 is 9.84 Å². The molecule has 1 heterocycles. The van der Waals surface area contributed by atoms with E-state index in [2.05, 4.69) is 9.36 Å². The second-order valence-electron chi connectivity index (χ2n) is 3.38. The first-order chi connectivity index (χ1) is 8.60. The van der Waals surface area contributed by atoms with E-state index in [1.165, 1.54) is 12.1 Å². The van der Waals surface area contributed by atoms with E-state index in [-0.39, 0.29) is 10.6 Å². The van der Waals surface area contributed by atoms with Gasteiger partial charge in [0.05, 0.1) is 10.6 Å². The average Bonchev–Trinajstić information content (AvgIpc) is 2.79. The molecular formula is C11H9ClN2O3S. The minimum Gasteiger partial charge on any atom is -0.478 e. The topological polar surface area (TPSA) is 72.3 Å². The standard InChI is InChI=1S/C11H9ClN2O3S/c1-2-9-13-11(18-14-9)17-6-3-4-8(12)7(5-6)10(15)16/h3-5H,2H2,1H3,(H,15,16). The fourth-order valence-corrected chi connectivity index (χ4v) is 2.09. The Morgan fingerprint density at radius 3 is 2.94 bits per heavy atom. The van der Waals surface area contributed by atoms with Gasteiger partial charge in [0, 0.05) is 18.0 Å². The zero-order chi connectivity index (χ0) is 13.1. The molecule has 2 aromatic rings. The third-order valence-electron chi connectivity index (χ3n) is 2.14. The lowest BCUT2D eigenvalue weighted by Crippen LogP contribution is -1.97. The lowest BCUT2D eigenvalue weighted by molar-refractivity contribution is 0.0696. The van der Waals surface area contributed by atoms with Gasteiger partial charge in [-0.3, -0.25) is 0 Å². The SMILES string of the molecule is CCc1nsc(Oc2ccc(Cl)c(C(=O)O)c2)n1. The molecule has 0 aliphatic heterocycles. The van der Waals surface area contributed by atoms with Crippen molar-refractivity contribution in [1.29, 1.82) is 0 Å². The van der Waals surface area contributed by atoms with Gasteiger partial charge in [0.25, 0.3) is 5.19 Å². The molecular weight excluding hydrogens is 276 g/mol. The summed E-state index contributed by atoms with van der Waals surface area (Å²) in [4.78, 5) is 15.0. The fraction of sp³-hybridized carbons (Fsp3) is 0.182. The van der Waals surface area contributed by atoms with E-state index in [1.807, 2.05) is 6.92 Å². The molecule has 1 aromatic heterocycles. The van der Waals surface area contributed by atoms with Gasteiger partial charge in [-0.25, -0.2) is 4.79 Å². The summed E-state index contributed by atoms with van der Waals surface area (Å²) in [6.45, 7) is 1.94. The Morgan fingerprint density at radius 2 is 2.33 bits per heavy atom. The van der Waals surface area contributed by atoms with Crippen molar-refractivity contribution in [2.75, 3.05) is 0 Å². The average molecular weight is 285 g/mol. The van der Waals surface area contributed by atoms with Crippen LogP contribution in [0.4, 0.5) is 0 Å². The van der Waals surface area contributed by atoms with Crippen LogP contribution in [0.1, 0.15) is 23.1 Å². The van der Waals surface area contributed by atoms with Crippen molar-refractivity contribution in [2.24, 2.45) is 0 Å². The van der Waals surface area contributed by atoms with Crippen molar-refractivity contribution in [3.05, 3.63) is 34.6 Å². The van der Waals surface area contributed by atoms with Crippen LogP contribution in [0.15, 0.2) is 18.2 Å². The molecule has 0 aliphatic rings. The Morgan fingerprint density at radius 1 is 1.56 bits per heavy atom. The third-order valence-corrected chi connectivity index (χ3v) is 3.10. The summed E-state index contributed by atoms with van der Waals surface area (Å²) in [5, 5.41) is 9.48. The number of aromatic carboxylic acids is 1. The van der Waals surface area contributed by atoms with Crippen LogP contribution in [0.2, 0.25) is 5.02 Å². The Balaban J connectivity index is 2.24. The van der Waals surface area contributed by atoms with Gasteiger partial charge in [0.2, 0.25) is 0 Å². The number of carboxylic acids is 1. The number of aryl methyl sites for hydroxylation is 1. The van der Waals surface area contributed by atoms with E-state index in [9.17, 15) is 4.79 Å². The van der Waals surface area contributed by atoms with Crippen LogP contribution >= 0.6 is 23.1 Å². The van der Waals surface area contributed by atoms with Crippen molar-refractivity contribution in [3.63, 3.8) is 0 Å². The van der Waals surface area contributed by atoms with Gasteiger partial charge >= 0.3 is 5.97 Å². The van der Waals surface area contributed by atoms with Crippen molar-refractivity contribution in [1.82, 2.24) is 9.36 Å². The number of rotatable bonds is 4. The number of aromatic nitrogens is 2. The molecule has 1 aromatic carbocycles. The molecule has 2 rings (SSSR count). The van der Waals surface area contributed by atoms with Crippen molar-refractivity contribution < 1.29 is 14.6 Å². The molecule has 0 atom stereocenters. The Bertz CT molecular complexity index is 585. The molecule has 0 fully saturated rings. The lowest BCUT2D eigenvalue weighted by atomic mass is 10.2. The van der Waals surface area contributed by atoms with E-state index in [4.69, 9.17) is 21.4 Å². The quantitative estimate of drug-likeness (QED) is 0.933. The summed E-state index contributed by atoms with van der Waals surface area (Å²) in [5.74, 6) is -0.0324. The molecule has 0 saturated heterocycles. The highest BCUT2D eigenvalue weighted by atomic mass is 35.5. The van der Waals surface area contributed by atoms with Gasteiger partial charge in [-0.15, -0.1) is 0 Å². The zero-order valence-electron chi connectivity index (χ0n) is 9.38. The van der Waals surface area contributed by atoms with Crippen molar-refractivity contribution in [2.45, 2.75) is 13.3 Å². The van der Waals surface area contributed by atoms with Crippen molar-refractivity contribution >= 4 is 29.1 Å². The molecule has 1 N–H and O–H groups in total. The third kappa shape index (κ3) is 2.77. The Hall–Kier alpha value is -1.66. The van der Waals surface area contributed by atoms with Gasteiger partial charge in [-0.2, -0.15) is 9.36 Å². The molecule has 0 aliphatic carbocycles. The molecule has 0 bridgehead atoms. The van der Waals surface area contributed by atoms with E-state index < -0.39 is 5.97 Å². The number of carboxylic acid groups (broad SMARTS) is 1. The second kappa shape index (κ2) is 5.32. The highest BCUT2D eigenvalue weighted by molar-refractivity contribution is 7.07. The van der Waals surface area contributed by atoms with Crippen LogP contribution in [0.5, 0.6) is 10.9 Å². The summed E-state index contributed by atoms with van der Waals surface area (Å²) in [6, 6.07) is 4.42. The molecule has 94 valence electrons. The van der Waals surface area contributed by atoms with Crippen LogP contribution in [0, 0.1) is 0 Å². The van der Waals surface area contributed by atoms with E-state index in [0.29, 0.717) is 16.8 Å². The highest BCUT2D eigenvalue weighted by Crippen LogP contribution is 2.27. The number of carbonyl (C=O) groups is 1. The summed E-state index contributed by atoms with van der Waals surface area (Å²) in [7, 11) is 0. The molecule has 0 spiro atoms. The first kappa shape index (κ1) is 12.8. The van der Waals surface area contributed by atoms with Gasteiger partial charge in [-0.1, -0.05) is 18.5 Å². The molecule has 0 saturated carbocycles. The van der Waals surface area contributed by atoms with Crippen LogP contribution < -0.4 is 4.74 Å². The molecule has 7 heteroatoms. The number of nitrogens with zero attached hydrogens (tertiary/aromatic N) is 2. The maximum Gasteiger partial charge on any atom is 0.337 e. The molecule has 0 amide bonds. The summed E-state index contributed by atoms with van der Waals surface area (Å²) >= 11 is 6.88. The van der Waals surface area contributed by atoms with Crippen LogP contribution in [-0.4, -0.2) is 20.4 Å². The monoisotopic (exact) mass is 284 g/mol. The van der Waals surface area contributed by atoms with Gasteiger partial charge in [-0.05, 0) is 18.2 Å². The predicted molar refractivity (Wildman–Crippen MR) is 67.8 cm³/mol.